The third-order valence-corrected chi connectivity index (χ3v) is 2.76. The summed E-state index contributed by atoms with van der Waals surface area (Å²) in [6.07, 6.45) is 0. The van der Waals surface area contributed by atoms with E-state index in [2.05, 4.69) is 4.98 Å². The van der Waals surface area contributed by atoms with Crippen LogP contribution in [0.5, 0.6) is 11.6 Å². The van der Waals surface area contributed by atoms with Gasteiger partial charge in [-0.3, -0.25) is 0 Å². The van der Waals surface area contributed by atoms with Crippen LogP contribution in [-0.4, -0.2) is 12.1 Å². The first kappa shape index (κ1) is 13.4. The van der Waals surface area contributed by atoms with Gasteiger partial charge in [-0.1, -0.05) is 18.2 Å². The Bertz CT molecular complexity index is 541. The minimum Gasteiger partial charge on any atom is -0.487 e. The summed E-state index contributed by atoms with van der Waals surface area (Å²) < 4.78 is 10.8. The molecular weight excluding hydrogens is 240 g/mol. The lowest BCUT2D eigenvalue weighted by atomic mass is 10.1. The molecule has 1 aromatic carbocycles. The molecule has 0 aliphatic heterocycles. The van der Waals surface area contributed by atoms with E-state index in [4.69, 9.17) is 15.2 Å². The van der Waals surface area contributed by atoms with Gasteiger partial charge < -0.3 is 15.2 Å². The Morgan fingerprint density at radius 3 is 2.74 bits per heavy atom. The quantitative estimate of drug-likeness (QED) is 0.895. The Hall–Kier alpha value is -2.07. The van der Waals surface area contributed by atoms with Gasteiger partial charge in [-0.2, -0.15) is 0 Å². The Balaban J connectivity index is 2.03. The second kappa shape index (κ2) is 6.20. The van der Waals surface area contributed by atoms with E-state index in [0.717, 1.165) is 17.0 Å². The van der Waals surface area contributed by atoms with Gasteiger partial charge in [0.05, 0.1) is 12.8 Å². The van der Waals surface area contributed by atoms with Gasteiger partial charge in [-0.15, -0.1) is 0 Å². The Morgan fingerprint density at radius 1 is 1.21 bits per heavy atom. The maximum Gasteiger partial charge on any atom is 0.213 e. The first-order valence-corrected chi connectivity index (χ1v) is 6.17. The molecule has 2 rings (SSSR count). The molecule has 0 saturated carbocycles. The molecule has 1 atom stereocenters. The summed E-state index contributed by atoms with van der Waals surface area (Å²) >= 11 is 0. The number of nitrogens with two attached hydrogens (primary N) is 1. The molecule has 19 heavy (non-hydrogen) atoms. The van der Waals surface area contributed by atoms with Crippen molar-refractivity contribution in [1.82, 2.24) is 4.98 Å². The van der Waals surface area contributed by atoms with Crippen LogP contribution in [0.3, 0.4) is 0 Å². The van der Waals surface area contributed by atoms with E-state index >= 15 is 0 Å². The molecule has 0 aliphatic rings. The van der Waals surface area contributed by atoms with Crippen LogP contribution in [0.25, 0.3) is 0 Å². The van der Waals surface area contributed by atoms with Gasteiger partial charge in [0.25, 0.3) is 0 Å². The number of benzene rings is 1. The van der Waals surface area contributed by atoms with Gasteiger partial charge in [0.1, 0.15) is 12.4 Å². The molecule has 0 saturated heterocycles. The van der Waals surface area contributed by atoms with Crippen LogP contribution in [0.1, 0.15) is 24.2 Å². The van der Waals surface area contributed by atoms with E-state index in [1.54, 1.807) is 13.2 Å². The molecule has 0 aliphatic carbocycles. The molecule has 0 spiro atoms. The standard InChI is InChI=1S/C15H18N2O2/c1-11(16)12-5-3-7-14(9-12)19-10-13-6-4-8-15(17-13)18-2/h3-9,11H,10,16H2,1-2H3. The smallest absolute Gasteiger partial charge is 0.213 e. The number of ether oxygens (including phenoxy) is 2. The Morgan fingerprint density at radius 2 is 2.00 bits per heavy atom. The number of aromatic nitrogens is 1. The van der Waals surface area contributed by atoms with Crippen LogP contribution in [0.4, 0.5) is 0 Å². The van der Waals surface area contributed by atoms with Gasteiger partial charge in [0, 0.05) is 12.1 Å². The number of rotatable bonds is 5. The van der Waals surface area contributed by atoms with Gasteiger partial charge >= 0.3 is 0 Å². The Kier molecular flexibility index (Phi) is 4.36. The zero-order chi connectivity index (χ0) is 13.7. The lowest BCUT2D eigenvalue weighted by Gasteiger charge is -2.10. The minimum absolute atomic E-state index is 0.00139. The Labute approximate surface area is 113 Å². The second-order valence-corrected chi connectivity index (χ2v) is 4.32. The summed E-state index contributed by atoms with van der Waals surface area (Å²) in [5.41, 5.74) is 7.72. The van der Waals surface area contributed by atoms with E-state index in [1.165, 1.54) is 0 Å². The fraction of sp³-hybridized carbons (Fsp3) is 0.267. The minimum atomic E-state index is -0.00139. The van der Waals surface area contributed by atoms with E-state index in [0.29, 0.717) is 12.5 Å². The lowest BCUT2D eigenvalue weighted by Crippen LogP contribution is -2.05. The summed E-state index contributed by atoms with van der Waals surface area (Å²) in [5, 5.41) is 0. The highest BCUT2D eigenvalue weighted by Gasteiger charge is 2.03. The topological polar surface area (TPSA) is 57.4 Å². The number of nitrogens with zero attached hydrogens (tertiary/aromatic N) is 1. The SMILES string of the molecule is COc1cccc(COc2cccc(C(C)N)c2)n1. The molecule has 2 aromatic rings. The number of hydrogen-bond acceptors (Lipinski definition) is 4. The normalized spacial score (nSPS) is 11.9. The lowest BCUT2D eigenvalue weighted by molar-refractivity contribution is 0.297. The van der Waals surface area contributed by atoms with Crippen molar-refractivity contribution in [2.75, 3.05) is 7.11 Å². The van der Waals surface area contributed by atoms with Crippen LogP contribution in [0, 0.1) is 0 Å². The molecule has 1 heterocycles. The van der Waals surface area contributed by atoms with Gasteiger partial charge in [-0.05, 0) is 30.7 Å². The van der Waals surface area contributed by atoms with Crippen molar-refractivity contribution >= 4 is 0 Å². The van der Waals surface area contributed by atoms with Gasteiger partial charge in [-0.25, -0.2) is 4.98 Å². The zero-order valence-corrected chi connectivity index (χ0v) is 11.2. The third kappa shape index (κ3) is 3.69. The van der Waals surface area contributed by atoms with E-state index in [1.807, 2.05) is 43.3 Å². The molecule has 0 bridgehead atoms. The zero-order valence-electron chi connectivity index (χ0n) is 11.2. The van der Waals surface area contributed by atoms with Gasteiger partial charge in [0.2, 0.25) is 5.88 Å². The summed E-state index contributed by atoms with van der Waals surface area (Å²) in [6.45, 7) is 2.35. The van der Waals surface area contributed by atoms with Crippen LogP contribution >= 0.6 is 0 Å². The van der Waals surface area contributed by atoms with Crippen molar-refractivity contribution < 1.29 is 9.47 Å². The summed E-state index contributed by atoms with van der Waals surface area (Å²) in [7, 11) is 1.60. The summed E-state index contributed by atoms with van der Waals surface area (Å²) in [4.78, 5) is 4.29. The second-order valence-electron chi connectivity index (χ2n) is 4.32. The number of methoxy groups -OCH3 is 1. The average molecular weight is 258 g/mol. The molecule has 4 nitrogen and oxygen atoms in total. The van der Waals surface area contributed by atoms with Crippen molar-refractivity contribution in [3.63, 3.8) is 0 Å². The maximum absolute atomic E-state index is 5.84. The number of pyridine rings is 1. The van der Waals surface area contributed by atoms with Gasteiger partial charge in [0.15, 0.2) is 0 Å². The van der Waals surface area contributed by atoms with Crippen LogP contribution in [-0.2, 0) is 6.61 Å². The van der Waals surface area contributed by atoms with Crippen LogP contribution in [0.2, 0.25) is 0 Å². The van der Waals surface area contributed by atoms with E-state index in [9.17, 15) is 0 Å². The highest BCUT2D eigenvalue weighted by molar-refractivity contribution is 5.30. The molecule has 1 aromatic heterocycles. The highest BCUT2D eigenvalue weighted by atomic mass is 16.5. The molecule has 0 radical (unpaired) electrons. The molecule has 0 fully saturated rings. The average Bonchev–Trinajstić information content (AvgIpc) is 2.45. The predicted octanol–water partition coefficient (Wildman–Crippen LogP) is 2.69. The molecule has 100 valence electrons. The molecular formula is C15H18N2O2. The van der Waals surface area contributed by atoms with Crippen molar-refractivity contribution in [1.29, 1.82) is 0 Å². The summed E-state index contributed by atoms with van der Waals surface area (Å²) in [5.74, 6) is 1.38. The van der Waals surface area contributed by atoms with Crippen LogP contribution in [0.15, 0.2) is 42.5 Å². The van der Waals surface area contributed by atoms with Crippen molar-refractivity contribution in [2.24, 2.45) is 5.73 Å². The predicted molar refractivity (Wildman–Crippen MR) is 74.2 cm³/mol. The van der Waals surface area contributed by atoms with Crippen LogP contribution < -0.4 is 15.2 Å². The van der Waals surface area contributed by atoms with Crippen molar-refractivity contribution in [2.45, 2.75) is 19.6 Å². The molecule has 1 unspecified atom stereocenters. The molecule has 2 N–H and O–H groups in total. The maximum atomic E-state index is 5.84. The van der Waals surface area contributed by atoms with E-state index in [-0.39, 0.29) is 6.04 Å². The number of hydrogen-bond donors (Lipinski definition) is 1. The first-order chi connectivity index (χ1) is 9.19. The largest absolute Gasteiger partial charge is 0.487 e. The first-order valence-electron chi connectivity index (χ1n) is 6.17. The fourth-order valence-electron chi connectivity index (χ4n) is 1.70. The summed E-state index contributed by atoms with van der Waals surface area (Å²) in [6, 6.07) is 13.4. The monoisotopic (exact) mass is 258 g/mol. The van der Waals surface area contributed by atoms with Crippen molar-refractivity contribution in [3.05, 3.63) is 53.7 Å². The fourth-order valence-corrected chi connectivity index (χ4v) is 1.70. The molecule has 0 amide bonds. The molecule has 4 heteroatoms. The van der Waals surface area contributed by atoms with E-state index < -0.39 is 0 Å². The third-order valence-electron chi connectivity index (χ3n) is 2.76. The highest BCUT2D eigenvalue weighted by Crippen LogP contribution is 2.18. The van der Waals surface area contributed by atoms with Crippen molar-refractivity contribution in [3.8, 4) is 11.6 Å².